The highest BCUT2D eigenvalue weighted by Gasteiger charge is 2.38. The van der Waals surface area contributed by atoms with E-state index in [-0.39, 0.29) is 28.8 Å². The van der Waals surface area contributed by atoms with E-state index in [1.807, 2.05) is 18.2 Å². The van der Waals surface area contributed by atoms with Crippen LogP contribution in [0.15, 0.2) is 40.1 Å². The van der Waals surface area contributed by atoms with Crippen LogP contribution in [0.2, 0.25) is 0 Å². The SMILES string of the molecule is O=[S@@]1CCc2nc(N3CCC(c4ccc(SC(F)(F)F)cc4)CC3)cc(NC3(CO)CCC3)c21. The van der Waals surface area contributed by atoms with E-state index in [0.717, 1.165) is 72.9 Å². The Kier molecular flexibility index (Phi) is 6.58. The van der Waals surface area contributed by atoms with E-state index in [9.17, 15) is 22.5 Å². The van der Waals surface area contributed by atoms with Gasteiger partial charge in [0.1, 0.15) is 5.82 Å². The second kappa shape index (κ2) is 9.35. The highest BCUT2D eigenvalue weighted by Crippen LogP contribution is 2.41. The Morgan fingerprint density at radius 2 is 1.91 bits per heavy atom. The molecule has 3 aliphatic rings. The summed E-state index contributed by atoms with van der Waals surface area (Å²) < 4.78 is 50.4. The number of halogens is 3. The number of nitrogens with zero attached hydrogens (tertiary/aromatic N) is 2. The maximum Gasteiger partial charge on any atom is 0.446 e. The Balaban J connectivity index is 1.29. The molecule has 0 unspecified atom stereocenters. The van der Waals surface area contributed by atoms with Crippen LogP contribution in [0.1, 0.15) is 49.3 Å². The van der Waals surface area contributed by atoms with E-state index in [1.54, 1.807) is 12.1 Å². The van der Waals surface area contributed by atoms with Crippen molar-refractivity contribution in [1.82, 2.24) is 4.98 Å². The number of aliphatic hydroxyl groups is 1. The Morgan fingerprint density at radius 3 is 2.50 bits per heavy atom. The van der Waals surface area contributed by atoms with Crippen LogP contribution in [-0.4, -0.2) is 50.8 Å². The number of nitrogens with one attached hydrogen (secondary N) is 1. The molecule has 34 heavy (non-hydrogen) atoms. The van der Waals surface area contributed by atoms with Crippen LogP contribution in [0.3, 0.4) is 0 Å². The normalized spacial score (nSPS) is 22.4. The van der Waals surface area contributed by atoms with Gasteiger partial charge < -0.3 is 15.3 Å². The van der Waals surface area contributed by atoms with Gasteiger partial charge in [0.2, 0.25) is 0 Å². The molecule has 1 aliphatic carbocycles. The lowest BCUT2D eigenvalue weighted by Crippen LogP contribution is -2.48. The molecule has 1 aromatic carbocycles. The first-order valence-electron chi connectivity index (χ1n) is 11.7. The molecule has 1 atom stereocenters. The maximum absolute atomic E-state index is 12.6. The molecule has 1 saturated heterocycles. The molecular weight excluding hydrogens is 483 g/mol. The minimum Gasteiger partial charge on any atom is -0.394 e. The number of piperidine rings is 1. The number of alkyl halides is 3. The van der Waals surface area contributed by atoms with Crippen LogP contribution >= 0.6 is 11.8 Å². The van der Waals surface area contributed by atoms with Gasteiger partial charge in [0, 0.05) is 36.2 Å². The molecule has 5 rings (SSSR count). The first kappa shape index (κ1) is 23.9. The van der Waals surface area contributed by atoms with Crippen LogP contribution < -0.4 is 10.2 Å². The largest absolute Gasteiger partial charge is 0.446 e. The van der Waals surface area contributed by atoms with Crippen molar-refractivity contribution in [2.45, 2.75) is 65.3 Å². The number of rotatable bonds is 6. The molecule has 5 nitrogen and oxygen atoms in total. The van der Waals surface area contributed by atoms with Gasteiger partial charge in [-0.2, -0.15) is 13.2 Å². The van der Waals surface area contributed by atoms with Crippen molar-refractivity contribution < 1.29 is 22.5 Å². The molecule has 0 amide bonds. The van der Waals surface area contributed by atoms with Crippen molar-refractivity contribution in [3.63, 3.8) is 0 Å². The predicted molar refractivity (Wildman–Crippen MR) is 129 cm³/mol. The highest BCUT2D eigenvalue weighted by atomic mass is 32.2. The zero-order valence-electron chi connectivity index (χ0n) is 18.7. The third-order valence-corrected chi connectivity index (χ3v) is 9.42. The van der Waals surface area contributed by atoms with Crippen molar-refractivity contribution >= 4 is 34.1 Å². The van der Waals surface area contributed by atoms with E-state index in [2.05, 4.69) is 10.2 Å². The van der Waals surface area contributed by atoms with Crippen LogP contribution in [-0.2, 0) is 17.2 Å². The number of aromatic nitrogens is 1. The Hall–Kier alpha value is -1.78. The predicted octanol–water partition coefficient (Wildman–Crippen LogP) is 5.07. The number of benzene rings is 1. The minimum absolute atomic E-state index is 0.0533. The van der Waals surface area contributed by atoms with Crippen LogP contribution in [0, 0.1) is 0 Å². The zero-order valence-corrected chi connectivity index (χ0v) is 20.4. The first-order valence-corrected chi connectivity index (χ1v) is 13.8. The number of thioether (sulfide) groups is 1. The summed E-state index contributed by atoms with van der Waals surface area (Å²) in [4.78, 5) is 8.09. The minimum atomic E-state index is -4.27. The highest BCUT2D eigenvalue weighted by molar-refractivity contribution is 8.00. The summed E-state index contributed by atoms with van der Waals surface area (Å²) >= 11 is -0.0838. The second-order valence-electron chi connectivity index (χ2n) is 9.40. The average molecular weight is 512 g/mol. The standard InChI is InChI=1S/C24H28F3N3O2S2/c25-24(26,27)33-18-4-2-16(3-5-18)17-6-11-30(12-7-17)21-14-20(29-23(15-31)9-1-10-23)22-19(28-21)8-13-34(22)32/h2-5,14,17,31H,1,6-13,15H2,(H,28,29)/t34-/m1/s1. The average Bonchev–Trinajstić information content (AvgIpc) is 3.17. The number of aliphatic hydroxyl groups excluding tert-OH is 1. The van der Waals surface area contributed by atoms with Gasteiger partial charge in [0.15, 0.2) is 0 Å². The van der Waals surface area contributed by atoms with Crippen LogP contribution in [0.5, 0.6) is 0 Å². The van der Waals surface area contributed by atoms with Crippen LogP contribution in [0.25, 0.3) is 0 Å². The van der Waals surface area contributed by atoms with Gasteiger partial charge in [-0.1, -0.05) is 12.1 Å². The van der Waals surface area contributed by atoms with E-state index in [1.165, 1.54) is 0 Å². The lowest BCUT2D eigenvalue weighted by molar-refractivity contribution is -0.0328. The van der Waals surface area contributed by atoms with Crippen molar-refractivity contribution in [2.24, 2.45) is 0 Å². The maximum atomic E-state index is 12.6. The summed E-state index contributed by atoms with van der Waals surface area (Å²) in [7, 11) is -1.07. The molecule has 0 bridgehead atoms. The summed E-state index contributed by atoms with van der Waals surface area (Å²) in [5.41, 5.74) is -1.82. The van der Waals surface area contributed by atoms with Crippen molar-refractivity contribution in [3.05, 3.63) is 41.6 Å². The molecule has 0 radical (unpaired) electrons. The summed E-state index contributed by atoms with van der Waals surface area (Å²) in [6.07, 6.45) is 5.33. The van der Waals surface area contributed by atoms with Crippen LogP contribution in [0.4, 0.5) is 24.7 Å². The second-order valence-corrected chi connectivity index (χ2v) is 12.0. The molecule has 10 heteroatoms. The third-order valence-electron chi connectivity index (χ3n) is 7.20. The van der Waals surface area contributed by atoms with Gasteiger partial charge in [-0.05, 0) is 67.5 Å². The molecule has 184 valence electrons. The topological polar surface area (TPSA) is 65.5 Å². The number of pyridine rings is 1. The molecule has 1 aromatic heterocycles. The Labute approximate surface area is 204 Å². The summed E-state index contributed by atoms with van der Waals surface area (Å²) in [6.45, 7) is 1.64. The van der Waals surface area contributed by atoms with Gasteiger partial charge in [-0.3, -0.25) is 4.21 Å². The lowest BCUT2D eigenvalue weighted by Gasteiger charge is -2.42. The molecule has 2 fully saturated rings. The number of aryl methyl sites for hydroxylation is 1. The molecule has 3 heterocycles. The number of anilines is 2. The molecule has 2 aliphatic heterocycles. The summed E-state index contributed by atoms with van der Waals surface area (Å²) in [5, 5.41) is 13.4. The quantitative estimate of drug-likeness (QED) is 0.528. The van der Waals surface area contributed by atoms with Gasteiger partial charge >= 0.3 is 5.51 Å². The molecule has 1 saturated carbocycles. The van der Waals surface area contributed by atoms with Crippen molar-refractivity contribution in [2.75, 3.05) is 35.7 Å². The summed E-state index contributed by atoms with van der Waals surface area (Å²) in [5.74, 6) is 1.74. The molecule has 0 spiro atoms. The van der Waals surface area contributed by atoms with E-state index in [0.29, 0.717) is 18.1 Å². The van der Waals surface area contributed by atoms with E-state index < -0.39 is 16.3 Å². The van der Waals surface area contributed by atoms with Gasteiger partial charge in [0.25, 0.3) is 0 Å². The third kappa shape index (κ3) is 4.95. The zero-order chi connectivity index (χ0) is 23.9. The number of fused-ring (bicyclic) bond motifs is 1. The Bertz CT molecular complexity index is 1060. The fourth-order valence-corrected chi connectivity index (χ4v) is 7.02. The van der Waals surface area contributed by atoms with Gasteiger partial charge in [0.05, 0.1) is 39.2 Å². The smallest absolute Gasteiger partial charge is 0.394 e. The van der Waals surface area contributed by atoms with Gasteiger partial charge in [-0.15, -0.1) is 0 Å². The molecule has 2 N–H and O–H groups in total. The molecular formula is C24H28F3N3O2S2. The monoisotopic (exact) mass is 511 g/mol. The number of hydrogen-bond donors (Lipinski definition) is 2. The Morgan fingerprint density at radius 1 is 1.21 bits per heavy atom. The fourth-order valence-electron chi connectivity index (χ4n) is 5.14. The van der Waals surface area contributed by atoms with Crippen molar-refractivity contribution in [1.29, 1.82) is 0 Å². The van der Waals surface area contributed by atoms with Gasteiger partial charge in [-0.25, -0.2) is 4.98 Å². The first-order chi connectivity index (χ1) is 16.3. The van der Waals surface area contributed by atoms with Crippen molar-refractivity contribution in [3.8, 4) is 0 Å². The summed E-state index contributed by atoms with van der Waals surface area (Å²) in [6, 6.07) is 8.72. The molecule has 2 aromatic rings. The van der Waals surface area contributed by atoms with E-state index in [4.69, 9.17) is 4.98 Å². The lowest BCUT2D eigenvalue weighted by atomic mass is 9.77. The number of hydrogen-bond acceptors (Lipinski definition) is 6. The fraction of sp³-hybridized carbons (Fsp3) is 0.542. The van der Waals surface area contributed by atoms with E-state index >= 15 is 0 Å².